The Kier molecular flexibility index (Phi) is 3.52. The molecule has 3 N–H and O–H groups in total. The van der Waals surface area contributed by atoms with Crippen molar-refractivity contribution >= 4 is 16.5 Å². The number of hydrogen-bond donors (Lipinski definition) is 2. The fourth-order valence-electron chi connectivity index (χ4n) is 2.17. The van der Waals surface area contributed by atoms with E-state index in [0.29, 0.717) is 5.69 Å². The highest BCUT2D eigenvalue weighted by Gasteiger charge is 2.09. The van der Waals surface area contributed by atoms with Crippen LogP contribution < -0.4 is 5.73 Å². The van der Waals surface area contributed by atoms with E-state index in [4.69, 9.17) is 5.73 Å². The summed E-state index contributed by atoms with van der Waals surface area (Å²) in [6.45, 7) is 2.18. The van der Waals surface area contributed by atoms with Crippen molar-refractivity contribution in [2.75, 3.05) is 5.73 Å². The van der Waals surface area contributed by atoms with Crippen molar-refractivity contribution in [1.82, 2.24) is 0 Å². The Morgan fingerprint density at radius 3 is 2.71 bits per heavy atom. The molecule has 0 saturated carbocycles. The number of rotatable bonds is 4. The summed E-state index contributed by atoms with van der Waals surface area (Å²) in [5.74, 6) is 0.231. The highest BCUT2D eigenvalue weighted by molar-refractivity contribution is 5.94. The molecular formula is C15H19NO. The number of hydrogen-bond acceptors (Lipinski definition) is 2. The Balaban J connectivity index is 2.39. The van der Waals surface area contributed by atoms with Crippen LogP contribution in [0.1, 0.15) is 31.7 Å². The Morgan fingerprint density at radius 2 is 1.94 bits per heavy atom. The van der Waals surface area contributed by atoms with Gasteiger partial charge in [0.05, 0.1) is 5.69 Å². The molecule has 0 atom stereocenters. The lowest BCUT2D eigenvalue weighted by molar-refractivity contribution is 0.483. The molecule has 0 aliphatic heterocycles. The molecule has 90 valence electrons. The first-order valence-electron chi connectivity index (χ1n) is 6.23. The number of aromatic hydroxyl groups is 1. The van der Waals surface area contributed by atoms with Crippen LogP contribution in [0.4, 0.5) is 5.69 Å². The van der Waals surface area contributed by atoms with Crippen LogP contribution in [0, 0.1) is 0 Å². The largest absolute Gasteiger partial charge is 0.505 e. The average Bonchev–Trinajstić information content (AvgIpc) is 2.35. The van der Waals surface area contributed by atoms with E-state index in [1.54, 1.807) is 0 Å². The molecule has 0 radical (unpaired) electrons. The van der Waals surface area contributed by atoms with Gasteiger partial charge in [0.15, 0.2) is 0 Å². The molecular weight excluding hydrogens is 210 g/mol. The third-order valence-corrected chi connectivity index (χ3v) is 3.20. The lowest BCUT2D eigenvalue weighted by atomic mass is 9.99. The Morgan fingerprint density at radius 1 is 1.18 bits per heavy atom. The Labute approximate surface area is 102 Å². The molecule has 0 unspecified atom stereocenters. The topological polar surface area (TPSA) is 46.2 Å². The van der Waals surface area contributed by atoms with Gasteiger partial charge in [-0.1, -0.05) is 44.0 Å². The monoisotopic (exact) mass is 229 g/mol. The van der Waals surface area contributed by atoms with Crippen molar-refractivity contribution in [3.63, 3.8) is 0 Å². The van der Waals surface area contributed by atoms with Crippen molar-refractivity contribution in [2.24, 2.45) is 0 Å². The van der Waals surface area contributed by atoms with E-state index in [0.717, 1.165) is 29.2 Å². The van der Waals surface area contributed by atoms with Crippen LogP contribution in [0.3, 0.4) is 0 Å². The van der Waals surface area contributed by atoms with Crippen LogP contribution in [-0.4, -0.2) is 5.11 Å². The number of phenols is 1. The summed E-state index contributed by atoms with van der Waals surface area (Å²) in [4.78, 5) is 0. The number of unbranched alkanes of at least 4 members (excludes halogenated alkanes) is 2. The molecule has 2 aromatic carbocycles. The van der Waals surface area contributed by atoms with Crippen molar-refractivity contribution in [3.8, 4) is 5.75 Å². The van der Waals surface area contributed by atoms with E-state index in [-0.39, 0.29) is 5.75 Å². The fourth-order valence-corrected chi connectivity index (χ4v) is 2.17. The molecule has 0 amide bonds. The molecule has 2 nitrogen and oxygen atoms in total. The lowest BCUT2D eigenvalue weighted by Crippen LogP contribution is -1.96. The zero-order chi connectivity index (χ0) is 12.3. The molecule has 17 heavy (non-hydrogen) atoms. The molecule has 2 rings (SSSR count). The standard InChI is InChI=1S/C15H19NO/c1-2-3-4-8-12-10-11-7-5-6-9-13(11)15(17)14(12)16/h5-7,9-10,17H,2-4,8,16H2,1H3. The molecule has 0 saturated heterocycles. The van der Waals surface area contributed by atoms with Gasteiger partial charge in [0, 0.05) is 5.39 Å². The normalized spacial score (nSPS) is 10.9. The number of nitrogen functional groups attached to an aromatic ring is 1. The zero-order valence-corrected chi connectivity index (χ0v) is 10.2. The van der Waals surface area contributed by atoms with Gasteiger partial charge >= 0.3 is 0 Å². The predicted molar refractivity (Wildman–Crippen MR) is 73.3 cm³/mol. The van der Waals surface area contributed by atoms with Gasteiger partial charge in [-0.15, -0.1) is 0 Å². The second-order valence-electron chi connectivity index (χ2n) is 4.48. The number of fused-ring (bicyclic) bond motifs is 1. The minimum absolute atomic E-state index is 0.231. The minimum atomic E-state index is 0.231. The van der Waals surface area contributed by atoms with E-state index in [2.05, 4.69) is 13.0 Å². The maximum Gasteiger partial charge on any atom is 0.146 e. The Bertz CT molecular complexity index is 520. The van der Waals surface area contributed by atoms with E-state index in [1.807, 2.05) is 24.3 Å². The van der Waals surface area contributed by atoms with Gasteiger partial charge < -0.3 is 10.8 Å². The molecule has 2 heteroatoms. The first-order chi connectivity index (χ1) is 8.24. The summed E-state index contributed by atoms with van der Waals surface area (Å²) in [5.41, 5.74) is 7.59. The van der Waals surface area contributed by atoms with Crippen LogP contribution in [0.25, 0.3) is 10.8 Å². The third-order valence-electron chi connectivity index (χ3n) is 3.20. The number of anilines is 1. The van der Waals surface area contributed by atoms with E-state index < -0.39 is 0 Å². The molecule has 0 bridgehead atoms. The summed E-state index contributed by atoms with van der Waals surface area (Å²) >= 11 is 0. The molecule has 0 aliphatic rings. The van der Waals surface area contributed by atoms with E-state index in [1.165, 1.54) is 12.8 Å². The van der Waals surface area contributed by atoms with Crippen molar-refractivity contribution in [2.45, 2.75) is 32.6 Å². The maximum atomic E-state index is 10.1. The highest BCUT2D eigenvalue weighted by atomic mass is 16.3. The summed E-state index contributed by atoms with van der Waals surface area (Å²) < 4.78 is 0. The van der Waals surface area contributed by atoms with Crippen molar-refractivity contribution < 1.29 is 5.11 Å². The van der Waals surface area contributed by atoms with Gasteiger partial charge in [0.25, 0.3) is 0 Å². The quantitative estimate of drug-likeness (QED) is 0.475. The summed E-state index contributed by atoms with van der Waals surface area (Å²) in [6, 6.07) is 9.90. The van der Waals surface area contributed by atoms with Crippen LogP contribution in [-0.2, 0) is 6.42 Å². The van der Waals surface area contributed by atoms with Gasteiger partial charge in [0.2, 0.25) is 0 Å². The molecule has 0 aliphatic carbocycles. The number of benzene rings is 2. The van der Waals surface area contributed by atoms with Gasteiger partial charge in [-0.25, -0.2) is 0 Å². The first kappa shape index (κ1) is 11.8. The number of aryl methyl sites for hydroxylation is 1. The maximum absolute atomic E-state index is 10.1. The highest BCUT2D eigenvalue weighted by Crippen LogP contribution is 2.34. The molecule has 2 aromatic rings. The minimum Gasteiger partial charge on any atom is -0.505 e. The fraction of sp³-hybridized carbons (Fsp3) is 0.333. The molecule has 0 spiro atoms. The van der Waals surface area contributed by atoms with Gasteiger partial charge in [-0.3, -0.25) is 0 Å². The van der Waals surface area contributed by atoms with Crippen molar-refractivity contribution in [1.29, 1.82) is 0 Å². The smallest absolute Gasteiger partial charge is 0.146 e. The zero-order valence-electron chi connectivity index (χ0n) is 10.2. The SMILES string of the molecule is CCCCCc1cc2ccccc2c(O)c1N. The third kappa shape index (κ3) is 2.36. The molecule has 0 heterocycles. The first-order valence-corrected chi connectivity index (χ1v) is 6.23. The second kappa shape index (κ2) is 5.09. The van der Waals surface area contributed by atoms with Crippen LogP contribution in [0.15, 0.2) is 30.3 Å². The number of phenolic OH excluding ortho intramolecular Hbond substituents is 1. The summed E-state index contributed by atoms with van der Waals surface area (Å²) in [7, 11) is 0. The van der Waals surface area contributed by atoms with E-state index >= 15 is 0 Å². The molecule has 0 fully saturated rings. The van der Waals surface area contributed by atoms with Crippen LogP contribution >= 0.6 is 0 Å². The molecule has 0 aromatic heterocycles. The van der Waals surface area contributed by atoms with Gasteiger partial charge in [-0.2, -0.15) is 0 Å². The predicted octanol–water partition coefficient (Wildman–Crippen LogP) is 3.86. The van der Waals surface area contributed by atoms with Crippen LogP contribution in [0.5, 0.6) is 5.75 Å². The lowest BCUT2D eigenvalue weighted by Gasteiger charge is -2.10. The van der Waals surface area contributed by atoms with Crippen molar-refractivity contribution in [3.05, 3.63) is 35.9 Å². The van der Waals surface area contributed by atoms with Gasteiger partial charge in [0.1, 0.15) is 5.75 Å². The summed E-state index contributed by atoms with van der Waals surface area (Å²) in [5, 5.41) is 12.0. The van der Waals surface area contributed by atoms with E-state index in [9.17, 15) is 5.11 Å². The second-order valence-corrected chi connectivity index (χ2v) is 4.48. The number of nitrogens with two attached hydrogens (primary N) is 1. The summed E-state index contributed by atoms with van der Waals surface area (Å²) in [6.07, 6.45) is 4.46. The Hall–Kier alpha value is -1.70. The van der Waals surface area contributed by atoms with Crippen LogP contribution in [0.2, 0.25) is 0 Å². The van der Waals surface area contributed by atoms with Gasteiger partial charge in [-0.05, 0) is 29.9 Å². The average molecular weight is 229 g/mol.